The van der Waals surface area contributed by atoms with E-state index in [1.54, 1.807) is 54.6 Å². The molecule has 1 unspecified atom stereocenters. The highest BCUT2D eigenvalue weighted by atomic mass is 35.5. The van der Waals surface area contributed by atoms with E-state index in [0.29, 0.717) is 17.0 Å². The van der Waals surface area contributed by atoms with Crippen molar-refractivity contribution in [2.45, 2.75) is 6.10 Å². The summed E-state index contributed by atoms with van der Waals surface area (Å²) in [6, 6.07) is 18.5. The Morgan fingerprint density at radius 1 is 1.03 bits per heavy atom. The zero-order valence-electron chi connectivity index (χ0n) is 16.3. The predicted molar refractivity (Wildman–Crippen MR) is 114 cm³/mol. The Bertz CT molecular complexity index is 1100. The molecule has 0 aliphatic rings. The topological polar surface area (TPSA) is 108 Å². The van der Waals surface area contributed by atoms with Crippen LogP contribution in [0.3, 0.4) is 0 Å². The second-order valence-electron chi connectivity index (χ2n) is 6.33. The van der Waals surface area contributed by atoms with Crippen LogP contribution in [-0.4, -0.2) is 23.9 Å². The molecular formula is C22H17ClN2O6. The summed E-state index contributed by atoms with van der Waals surface area (Å²) in [6.07, 6.45) is -1.34. The highest BCUT2D eigenvalue weighted by Crippen LogP contribution is 2.27. The van der Waals surface area contributed by atoms with Gasteiger partial charge in [-0.25, -0.2) is 4.79 Å². The van der Waals surface area contributed by atoms with Crippen molar-refractivity contribution in [1.82, 2.24) is 0 Å². The Labute approximate surface area is 182 Å². The summed E-state index contributed by atoms with van der Waals surface area (Å²) in [5.74, 6) is -1.04. The molecule has 0 radical (unpaired) electrons. The Kier molecular flexibility index (Phi) is 6.84. The normalized spacial score (nSPS) is 11.3. The monoisotopic (exact) mass is 440 g/mol. The van der Waals surface area contributed by atoms with Gasteiger partial charge in [0.1, 0.15) is 11.3 Å². The Morgan fingerprint density at radius 3 is 2.32 bits per heavy atom. The number of esters is 1. The molecule has 3 aromatic rings. The van der Waals surface area contributed by atoms with Crippen LogP contribution in [0.1, 0.15) is 22.0 Å². The molecule has 31 heavy (non-hydrogen) atoms. The molecule has 8 nitrogen and oxygen atoms in total. The summed E-state index contributed by atoms with van der Waals surface area (Å²) in [7, 11) is 1.52. The number of benzene rings is 3. The third-order valence-corrected chi connectivity index (χ3v) is 4.53. The molecule has 9 heteroatoms. The Morgan fingerprint density at radius 2 is 1.71 bits per heavy atom. The molecule has 0 saturated heterocycles. The number of amides is 1. The lowest BCUT2D eigenvalue weighted by Gasteiger charge is -2.18. The lowest BCUT2D eigenvalue weighted by atomic mass is 10.1. The molecule has 0 heterocycles. The van der Waals surface area contributed by atoms with Gasteiger partial charge in [-0.15, -0.1) is 0 Å². The van der Waals surface area contributed by atoms with Gasteiger partial charge in [0.15, 0.2) is 0 Å². The number of nitro groups is 1. The first-order valence-electron chi connectivity index (χ1n) is 9.04. The molecule has 0 saturated carbocycles. The molecule has 0 aliphatic carbocycles. The molecule has 158 valence electrons. The molecule has 0 bridgehead atoms. The molecule has 1 amide bonds. The van der Waals surface area contributed by atoms with Gasteiger partial charge >= 0.3 is 5.97 Å². The van der Waals surface area contributed by atoms with E-state index in [1.807, 2.05) is 0 Å². The minimum atomic E-state index is -1.34. The number of hydrogen-bond acceptors (Lipinski definition) is 6. The van der Waals surface area contributed by atoms with Gasteiger partial charge in [-0.05, 0) is 36.4 Å². The van der Waals surface area contributed by atoms with Crippen molar-refractivity contribution in [1.29, 1.82) is 0 Å². The van der Waals surface area contributed by atoms with Crippen molar-refractivity contribution in [2.24, 2.45) is 0 Å². The van der Waals surface area contributed by atoms with Crippen molar-refractivity contribution in [2.75, 3.05) is 12.4 Å². The fourth-order valence-electron chi connectivity index (χ4n) is 2.78. The quantitative estimate of drug-likeness (QED) is 0.321. The van der Waals surface area contributed by atoms with Gasteiger partial charge < -0.3 is 14.8 Å². The number of hydrogen-bond donors (Lipinski definition) is 1. The van der Waals surface area contributed by atoms with Crippen LogP contribution in [0, 0.1) is 10.1 Å². The van der Waals surface area contributed by atoms with Crippen molar-refractivity contribution in [3.05, 3.63) is 99.1 Å². The lowest BCUT2D eigenvalue weighted by Crippen LogP contribution is -2.26. The number of halogens is 1. The predicted octanol–water partition coefficient (Wildman–Crippen LogP) is 4.79. The average Bonchev–Trinajstić information content (AvgIpc) is 2.78. The first-order chi connectivity index (χ1) is 14.9. The zero-order valence-corrected chi connectivity index (χ0v) is 17.0. The van der Waals surface area contributed by atoms with Crippen molar-refractivity contribution in [3.63, 3.8) is 0 Å². The van der Waals surface area contributed by atoms with Crippen LogP contribution < -0.4 is 10.1 Å². The molecule has 3 aromatic carbocycles. The maximum Gasteiger partial charge on any atom is 0.346 e. The number of nitro benzene ring substituents is 1. The minimum absolute atomic E-state index is 0.0973. The van der Waals surface area contributed by atoms with E-state index in [0.717, 1.165) is 6.07 Å². The van der Waals surface area contributed by atoms with E-state index in [9.17, 15) is 19.7 Å². The van der Waals surface area contributed by atoms with Gasteiger partial charge in [0.05, 0.1) is 12.0 Å². The molecule has 0 spiro atoms. The largest absolute Gasteiger partial charge is 0.497 e. The fourth-order valence-corrected chi connectivity index (χ4v) is 2.95. The van der Waals surface area contributed by atoms with Crippen LogP contribution in [0.15, 0.2) is 72.8 Å². The number of carbonyl (C=O) groups is 2. The van der Waals surface area contributed by atoms with E-state index in [-0.39, 0.29) is 10.6 Å². The first kappa shape index (κ1) is 21.8. The first-order valence-corrected chi connectivity index (χ1v) is 9.41. The van der Waals surface area contributed by atoms with Crippen molar-refractivity contribution >= 4 is 34.9 Å². The number of carbonyl (C=O) groups excluding carboxylic acids is 2. The molecule has 1 N–H and O–H groups in total. The summed E-state index contributed by atoms with van der Waals surface area (Å²) in [4.78, 5) is 36.2. The average molecular weight is 441 g/mol. The van der Waals surface area contributed by atoms with E-state index < -0.39 is 28.6 Å². The van der Waals surface area contributed by atoms with Crippen LogP contribution in [0.5, 0.6) is 5.75 Å². The van der Waals surface area contributed by atoms with E-state index in [4.69, 9.17) is 21.1 Å². The summed E-state index contributed by atoms with van der Waals surface area (Å²) in [5.41, 5.74) is 0.0335. The maximum absolute atomic E-state index is 12.9. The second-order valence-corrected chi connectivity index (χ2v) is 6.77. The maximum atomic E-state index is 12.9. The fraction of sp³-hybridized carbons (Fsp3) is 0.0909. The summed E-state index contributed by atoms with van der Waals surface area (Å²) in [6.45, 7) is 0. The number of nitrogens with zero attached hydrogens (tertiary/aromatic N) is 1. The van der Waals surface area contributed by atoms with Gasteiger partial charge in [0, 0.05) is 22.3 Å². The standard InChI is InChI=1S/C22H17ClN2O6/c1-30-17-10-8-16(9-11-17)24-21(26)20(14-5-3-2-4-6-14)31-22(27)18-12-7-15(23)13-19(18)25(28)29/h2-13,20H,1H3,(H,24,26). The number of methoxy groups -OCH3 is 1. The highest BCUT2D eigenvalue weighted by molar-refractivity contribution is 6.31. The van der Waals surface area contributed by atoms with Crippen LogP contribution in [0.2, 0.25) is 5.02 Å². The lowest BCUT2D eigenvalue weighted by molar-refractivity contribution is -0.385. The highest BCUT2D eigenvalue weighted by Gasteiger charge is 2.29. The van der Waals surface area contributed by atoms with Crippen LogP contribution in [0.4, 0.5) is 11.4 Å². The van der Waals surface area contributed by atoms with E-state index >= 15 is 0 Å². The van der Waals surface area contributed by atoms with Gasteiger partial charge in [-0.1, -0.05) is 41.9 Å². The molecule has 0 fully saturated rings. The molecule has 0 aromatic heterocycles. The Hall–Kier alpha value is -3.91. The number of anilines is 1. The van der Waals surface area contributed by atoms with Gasteiger partial charge in [0.2, 0.25) is 6.10 Å². The van der Waals surface area contributed by atoms with Crippen LogP contribution in [-0.2, 0) is 9.53 Å². The number of nitrogens with one attached hydrogen (secondary N) is 1. The Balaban J connectivity index is 1.88. The SMILES string of the molecule is COc1ccc(NC(=O)C(OC(=O)c2ccc(Cl)cc2[N+](=O)[O-])c2ccccc2)cc1. The third-order valence-electron chi connectivity index (χ3n) is 4.30. The molecule has 3 rings (SSSR count). The second kappa shape index (κ2) is 9.73. The van der Waals surface area contributed by atoms with Gasteiger partial charge in [-0.3, -0.25) is 14.9 Å². The zero-order chi connectivity index (χ0) is 22.4. The van der Waals surface area contributed by atoms with Crippen LogP contribution >= 0.6 is 11.6 Å². The smallest absolute Gasteiger partial charge is 0.346 e. The number of ether oxygens (including phenoxy) is 2. The summed E-state index contributed by atoms with van der Waals surface area (Å²) >= 11 is 5.80. The molecule has 0 aliphatic heterocycles. The van der Waals surface area contributed by atoms with Crippen molar-refractivity contribution < 1.29 is 24.0 Å². The van der Waals surface area contributed by atoms with Crippen LogP contribution in [0.25, 0.3) is 0 Å². The molecular weight excluding hydrogens is 424 g/mol. The van der Waals surface area contributed by atoms with Gasteiger partial charge in [-0.2, -0.15) is 0 Å². The third kappa shape index (κ3) is 5.37. The summed E-state index contributed by atoms with van der Waals surface area (Å²) in [5, 5.41) is 14.1. The summed E-state index contributed by atoms with van der Waals surface area (Å²) < 4.78 is 10.5. The molecule has 1 atom stereocenters. The van der Waals surface area contributed by atoms with Crippen molar-refractivity contribution in [3.8, 4) is 5.75 Å². The number of rotatable bonds is 7. The minimum Gasteiger partial charge on any atom is -0.497 e. The van der Waals surface area contributed by atoms with E-state index in [2.05, 4.69) is 5.32 Å². The van der Waals surface area contributed by atoms with Gasteiger partial charge in [0.25, 0.3) is 11.6 Å². The van der Waals surface area contributed by atoms with E-state index in [1.165, 1.54) is 19.2 Å².